The quantitative estimate of drug-likeness (QED) is 0.800. The fraction of sp³-hybridized carbons (Fsp3) is 0.636. The van der Waals surface area contributed by atoms with Crippen molar-refractivity contribution in [3.8, 4) is 0 Å². The van der Waals surface area contributed by atoms with Crippen molar-refractivity contribution in [2.24, 2.45) is 0 Å². The number of benzene rings is 1. The number of ether oxygens (including phenoxy) is 1. The summed E-state index contributed by atoms with van der Waals surface area (Å²) in [6.45, 7) is 6.49. The summed E-state index contributed by atoms with van der Waals surface area (Å²) in [6.07, 6.45) is 4.49. The van der Waals surface area contributed by atoms with Gasteiger partial charge in [-0.1, -0.05) is 36.8 Å². The summed E-state index contributed by atoms with van der Waals surface area (Å²) in [4.78, 5) is 31.4. The Kier molecular flexibility index (Phi) is 5.58. The van der Waals surface area contributed by atoms with Crippen molar-refractivity contribution in [3.05, 3.63) is 35.9 Å². The van der Waals surface area contributed by atoms with E-state index in [0.717, 1.165) is 45.2 Å². The molecular weight excluding hydrogens is 354 g/mol. The average Bonchev–Trinajstić information content (AvgIpc) is 3.04. The zero-order valence-electron chi connectivity index (χ0n) is 16.8. The summed E-state index contributed by atoms with van der Waals surface area (Å²) < 4.78 is 5.71. The molecule has 3 aliphatic rings. The molecule has 3 saturated heterocycles. The third-order valence-electron chi connectivity index (χ3n) is 6.54. The largest absolute Gasteiger partial charge is 0.441 e. The summed E-state index contributed by atoms with van der Waals surface area (Å²) in [5.41, 5.74) is 0.873. The number of likely N-dealkylation sites (tertiary alicyclic amines) is 2. The Hall–Kier alpha value is -2.08. The number of amides is 2. The third kappa shape index (κ3) is 3.88. The molecule has 3 fully saturated rings. The third-order valence-corrected chi connectivity index (χ3v) is 6.54. The molecule has 0 bridgehead atoms. The van der Waals surface area contributed by atoms with Gasteiger partial charge in [-0.2, -0.15) is 0 Å². The predicted octanol–water partition coefficient (Wildman–Crippen LogP) is 2.87. The van der Waals surface area contributed by atoms with Gasteiger partial charge in [0.05, 0.1) is 12.6 Å². The molecular formula is C22H31N3O3. The van der Waals surface area contributed by atoms with E-state index < -0.39 is 0 Å². The summed E-state index contributed by atoms with van der Waals surface area (Å²) in [6, 6.07) is 10.4. The SMILES string of the molecule is CCN1CC2(CCN(C(=O)[C@H]3CCCCN3Cc3ccccc3)CC2)OC1=O. The normalized spacial score (nSPS) is 25.2. The van der Waals surface area contributed by atoms with E-state index in [2.05, 4.69) is 29.2 Å². The monoisotopic (exact) mass is 385 g/mol. The maximum atomic E-state index is 13.3. The van der Waals surface area contributed by atoms with Crippen LogP contribution in [0.2, 0.25) is 0 Å². The molecule has 3 heterocycles. The van der Waals surface area contributed by atoms with Crippen LogP contribution < -0.4 is 0 Å². The van der Waals surface area contributed by atoms with Gasteiger partial charge in [0.15, 0.2) is 0 Å². The van der Waals surface area contributed by atoms with Crippen LogP contribution >= 0.6 is 0 Å². The van der Waals surface area contributed by atoms with Crippen LogP contribution in [0.5, 0.6) is 0 Å². The Labute approximate surface area is 167 Å². The number of carbonyl (C=O) groups excluding carboxylic acids is 2. The van der Waals surface area contributed by atoms with E-state index in [1.807, 2.05) is 17.9 Å². The highest BCUT2D eigenvalue weighted by Crippen LogP contribution is 2.34. The average molecular weight is 386 g/mol. The molecule has 0 N–H and O–H groups in total. The molecule has 0 radical (unpaired) electrons. The Morgan fingerprint density at radius 1 is 1.14 bits per heavy atom. The van der Waals surface area contributed by atoms with Crippen molar-refractivity contribution >= 4 is 12.0 Å². The van der Waals surface area contributed by atoms with E-state index in [4.69, 9.17) is 4.74 Å². The Bertz CT molecular complexity index is 700. The Morgan fingerprint density at radius 2 is 1.89 bits per heavy atom. The maximum Gasteiger partial charge on any atom is 0.410 e. The van der Waals surface area contributed by atoms with Crippen LogP contribution in [0.4, 0.5) is 4.79 Å². The van der Waals surface area contributed by atoms with E-state index in [9.17, 15) is 9.59 Å². The molecule has 0 saturated carbocycles. The zero-order chi connectivity index (χ0) is 19.6. The first-order valence-corrected chi connectivity index (χ1v) is 10.6. The van der Waals surface area contributed by atoms with Crippen molar-refractivity contribution in [2.75, 3.05) is 32.7 Å². The summed E-state index contributed by atoms with van der Waals surface area (Å²) in [5, 5.41) is 0. The first-order chi connectivity index (χ1) is 13.6. The van der Waals surface area contributed by atoms with E-state index in [1.54, 1.807) is 4.90 Å². The molecule has 152 valence electrons. The number of carbonyl (C=O) groups is 2. The van der Waals surface area contributed by atoms with Crippen LogP contribution in [-0.4, -0.2) is 71.1 Å². The number of rotatable bonds is 4. The van der Waals surface area contributed by atoms with Crippen LogP contribution in [0.3, 0.4) is 0 Å². The van der Waals surface area contributed by atoms with Crippen LogP contribution in [-0.2, 0) is 16.1 Å². The van der Waals surface area contributed by atoms with Crippen molar-refractivity contribution in [3.63, 3.8) is 0 Å². The number of hydrogen-bond donors (Lipinski definition) is 0. The van der Waals surface area contributed by atoms with Gasteiger partial charge >= 0.3 is 6.09 Å². The molecule has 6 nitrogen and oxygen atoms in total. The van der Waals surface area contributed by atoms with Gasteiger partial charge < -0.3 is 14.5 Å². The van der Waals surface area contributed by atoms with E-state index in [1.165, 1.54) is 5.56 Å². The number of nitrogens with zero attached hydrogens (tertiary/aromatic N) is 3. The topological polar surface area (TPSA) is 53.1 Å². The van der Waals surface area contributed by atoms with Crippen LogP contribution in [0.15, 0.2) is 30.3 Å². The fourth-order valence-electron chi connectivity index (χ4n) is 4.82. The van der Waals surface area contributed by atoms with Crippen molar-refractivity contribution in [1.29, 1.82) is 0 Å². The second-order valence-electron chi connectivity index (χ2n) is 8.36. The molecule has 3 aliphatic heterocycles. The zero-order valence-corrected chi connectivity index (χ0v) is 16.8. The van der Waals surface area contributed by atoms with Crippen LogP contribution in [0.1, 0.15) is 44.6 Å². The summed E-state index contributed by atoms with van der Waals surface area (Å²) >= 11 is 0. The van der Waals surface area contributed by atoms with E-state index in [-0.39, 0.29) is 23.6 Å². The summed E-state index contributed by atoms with van der Waals surface area (Å²) in [5.74, 6) is 0.252. The van der Waals surface area contributed by atoms with Crippen molar-refractivity contribution < 1.29 is 14.3 Å². The molecule has 1 aromatic rings. The lowest BCUT2D eigenvalue weighted by atomic mass is 9.90. The van der Waals surface area contributed by atoms with Gasteiger partial charge in [0, 0.05) is 39.0 Å². The molecule has 0 unspecified atom stereocenters. The second-order valence-corrected chi connectivity index (χ2v) is 8.36. The number of likely N-dealkylation sites (N-methyl/N-ethyl adjacent to an activating group) is 1. The minimum Gasteiger partial charge on any atom is -0.441 e. The predicted molar refractivity (Wildman–Crippen MR) is 107 cm³/mol. The highest BCUT2D eigenvalue weighted by molar-refractivity contribution is 5.82. The van der Waals surface area contributed by atoms with Crippen LogP contribution in [0, 0.1) is 0 Å². The molecule has 6 heteroatoms. The lowest BCUT2D eigenvalue weighted by molar-refractivity contribution is -0.142. The fourth-order valence-corrected chi connectivity index (χ4v) is 4.82. The standard InChI is InChI=1S/C22H31N3O3/c1-2-23-17-22(28-21(23)27)11-14-24(15-12-22)20(26)19-10-6-7-13-25(19)16-18-8-4-3-5-9-18/h3-5,8-9,19H,2,6-7,10-17H2,1H3/t19-/m1/s1. The first-order valence-electron chi connectivity index (χ1n) is 10.6. The minimum absolute atomic E-state index is 0.0266. The van der Waals surface area contributed by atoms with Gasteiger partial charge in [0.25, 0.3) is 0 Å². The van der Waals surface area contributed by atoms with Crippen molar-refractivity contribution in [2.45, 2.75) is 57.2 Å². The molecule has 0 aliphatic carbocycles. The molecule has 4 rings (SSSR count). The molecule has 0 aromatic heterocycles. The van der Waals surface area contributed by atoms with Crippen molar-refractivity contribution in [1.82, 2.24) is 14.7 Å². The number of piperidine rings is 2. The Morgan fingerprint density at radius 3 is 2.57 bits per heavy atom. The van der Waals surface area contributed by atoms with Gasteiger partial charge in [-0.15, -0.1) is 0 Å². The highest BCUT2D eigenvalue weighted by atomic mass is 16.6. The lowest BCUT2D eigenvalue weighted by Crippen LogP contribution is -2.55. The van der Waals surface area contributed by atoms with Gasteiger partial charge in [-0.05, 0) is 31.9 Å². The summed E-state index contributed by atoms with van der Waals surface area (Å²) in [7, 11) is 0. The second kappa shape index (κ2) is 8.11. The minimum atomic E-state index is -0.389. The molecule has 28 heavy (non-hydrogen) atoms. The Balaban J connectivity index is 1.38. The molecule has 2 amide bonds. The van der Waals surface area contributed by atoms with Gasteiger partial charge in [-0.25, -0.2) is 4.79 Å². The first kappa shape index (κ1) is 19.2. The smallest absolute Gasteiger partial charge is 0.410 e. The van der Waals surface area contributed by atoms with Crippen LogP contribution in [0.25, 0.3) is 0 Å². The number of hydrogen-bond acceptors (Lipinski definition) is 4. The van der Waals surface area contributed by atoms with E-state index in [0.29, 0.717) is 26.2 Å². The van der Waals surface area contributed by atoms with Gasteiger partial charge in [-0.3, -0.25) is 9.69 Å². The van der Waals surface area contributed by atoms with Gasteiger partial charge in [0.1, 0.15) is 5.60 Å². The molecule has 1 spiro atoms. The maximum absolute atomic E-state index is 13.3. The van der Waals surface area contributed by atoms with Gasteiger partial charge in [0.2, 0.25) is 5.91 Å². The molecule has 1 aromatic carbocycles. The van der Waals surface area contributed by atoms with E-state index >= 15 is 0 Å². The highest BCUT2D eigenvalue weighted by Gasteiger charge is 2.47. The lowest BCUT2D eigenvalue weighted by Gasteiger charge is -2.42. The molecule has 1 atom stereocenters.